The molecule has 0 fully saturated rings. The highest BCUT2D eigenvalue weighted by Gasteiger charge is 2.36. The van der Waals surface area contributed by atoms with Crippen LogP contribution in [0.1, 0.15) is 38.3 Å². The molecular formula is C14H20O3S. The Morgan fingerprint density at radius 2 is 1.72 bits per heavy atom. The van der Waals surface area contributed by atoms with Crippen LogP contribution in [0.3, 0.4) is 0 Å². The second-order valence-corrected chi connectivity index (χ2v) is 7.97. The van der Waals surface area contributed by atoms with E-state index in [1.807, 2.05) is 13.8 Å². The normalized spacial score (nSPS) is 12.5. The average Bonchev–Trinajstić information content (AvgIpc) is 2.19. The molecular weight excluding hydrogens is 248 g/mol. The first-order valence-corrected chi connectivity index (χ1v) is 7.37. The summed E-state index contributed by atoms with van der Waals surface area (Å²) in [6, 6.07) is 5.08. The zero-order valence-electron chi connectivity index (χ0n) is 11.6. The van der Waals surface area contributed by atoms with Crippen molar-refractivity contribution in [1.29, 1.82) is 0 Å². The highest BCUT2D eigenvalue weighted by atomic mass is 32.2. The van der Waals surface area contributed by atoms with E-state index in [0.29, 0.717) is 0 Å². The molecule has 0 aliphatic rings. The molecule has 18 heavy (non-hydrogen) atoms. The number of rotatable bonds is 4. The molecule has 0 spiro atoms. The van der Waals surface area contributed by atoms with Crippen LogP contribution in [0, 0.1) is 13.8 Å². The molecule has 0 radical (unpaired) electrons. The highest BCUT2D eigenvalue weighted by molar-refractivity contribution is 7.92. The van der Waals surface area contributed by atoms with Gasteiger partial charge in [0.1, 0.15) is 5.78 Å². The van der Waals surface area contributed by atoms with Crippen molar-refractivity contribution < 1.29 is 13.2 Å². The van der Waals surface area contributed by atoms with E-state index in [2.05, 4.69) is 0 Å². The van der Waals surface area contributed by atoms with Crippen LogP contribution in [0.5, 0.6) is 0 Å². The van der Waals surface area contributed by atoms with E-state index in [1.54, 1.807) is 32.0 Å². The number of benzene rings is 1. The number of sulfone groups is 1. The number of Topliss-reactive ketones (excluding diaryl/α,β-unsaturated/α-hetero) is 1. The Bertz CT molecular complexity index is 569. The molecule has 0 aliphatic carbocycles. The lowest BCUT2D eigenvalue weighted by Gasteiger charge is -2.24. The van der Waals surface area contributed by atoms with Gasteiger partial charge in [0.15, 0.2) is 9.84 Å². The summed E-state index contributed by atoms with van der Waals surface area (Å²) in [5.41, 5.74) is 1.99. The number of ketones is 1. The Morgan fingerprint density at radius 3 is 2.17 bits per heavy atom. The SMILES string of the molecule is CC(=O)CC(C)(C)S(=O)(=O)c1ccc(C)c(C)c1. The van der Waals surface area contributed by atoms with Crippen LogP contribution in [-0.2, 0) is 14.6 Å². The summed E-state index contributed by atoms with van der Waals surface area (Å²) in [6.07, 6.45) is 0.0300. The second kappa shape index (κ2) is 4.84. The Morgan fingerprint density at radius 1 is 1.17 bits per heavy atom. The predicted octanol–water partition coefficient (Wildman–Crippen LogP) is 2.83. The number of aryl methyl sites for hydroxylation is 2. The van der Waals surface area contributed by atoms with Gasteiger partial charge in [0, 0.05) is 6.42 Å². The van der Waals surface area contributed by atoms with E-state index in [0.717, 1.165) is 11.1 Å². The van der Waals surface area contributed by atoms with Gasteiger partial charge < -0.3 is 0 Å². The van der Waals surface area contributed by atoms with E-state index in [1.165, 1.54) is 6.92 Å². The molecule has 3 nitrogen and oxygen atoms in total. The van der Waals surface area contributed by atoms with Crippen molar-refractivity contribution in [1.82, 2.24) is 0 Å². The van der Waals surface area contributed by atoms with Crippen LogP contribution in [0.2, 0.25) is 0 Å². The summed E-state index contributed by atoms with van der Waals surface area (Å²) < 4.78 is 23.9. The number of carbonyl (C=O) groups excluding carboxylic acids is 1. The fraction of sp³-hybridized carbons (Fsp3) is 0.500. The molecule has 0 amide bonds. The van der Waals surface area contributed by atoms with E-state index < -0.39 is 14.6 Å². The van der Waals surface area contributed by atoms with Crippen molar-refractivity contribution >= 4 is 15.6 Å². The number of carbonyl (C=O) groups is 1. The molecule has 0 bridgehead atoms. The van der Waals surface area contributed by atoms with E-state index >= 15 is 0 Å². The lowest BCUT2D eigenvalue weighted by Crippen LogP contribution is -2.34. The van der Waals surface area contributed by atoms with Crippen LogP contribution < -0.4 is 0 Å². The Labute approximate surface area is 109 Å². The molecule has 1 aromatic carbocycles. The van der Waals surface area contributed by atoms with Gasteiger partial charge in [-0.15, -0.1) is 0 Å². The van der Waals surface area contributed by atoms with Gasteiger partial charge >= 0.3 is 0 Å². The van der Waals surface area contributed by atoms with Crippen molar-refractivity contribution in [2.24, 2.45) is 0 Å². The highest BCUT2D eigenvalue weighted by Crippen LogP contribution is 2.29. The second-order valence-electron chi connectivity index (χ2n) is 5.39. The zero-order chi connectivity index (χ0) is 14.1. The molecule has 1 aromatic rings. The zero-order valence-corrected chi connectivity index (χ0v) is 12.4. The third-order valence-corrected chi connectivity index (χ3v) is 5.66. The molecule has 0 saturated heterocycles. The summed E-state index contributed by atoms with van der Waals surface area (Å²) in [7, 11) is -3.49. The molecule has 4 heteroatoms. The maximum atomic E-state index is 12.5. The van der Waals surface area contributed by atoms with Crippen LogP contribution >= 0.6 is 0 Å². The van der Waals surface area contributed by atoms with Gasteiger partial charge in [0.2, 0.25) is 0 Å². The first-order valence-electron chi connectivity index (χ1n) is 5.89. The van der Waals surface area contributed by atoms with Crippen LogP contribution in [-0.4, -0.2) is 18.9 Å². The molecule has 1 rings (SSSR count). The van der Waals surface area contributed by atoms with Crippen LogP contribution in [0.4, 0.5) is 0 Å². The van der Waals surface area contributed by atoms with Crippen LogP contribution in [0.25, 0.3) is 0 Å². The third kappa shape index (κ3) is 2.80. The molecule has 0 unspecified atom stereocenters. The lowest BCUT2D eigenvalue weighted by atomic mass is 10.1. The summed E-state index contributed by atoms with van der Waals surface area (Å²) in [6.45, 7) is 8.42. The van der Waals surface area contributed by atoms with Crippen molar-refractivity contribution in [3.63, 3.8) is 0 Å². The predicted molar refractivity (Wildman–Crippen MR) is 72.5 cm³/mol. The van der Waals surface area contributed by atoms with Gasteiger partial charge in [-0.25, -0.2) is 8.42 Å². The fourth-order valence-corrected chi connectivity index (χ4v) is 3.51. The largest absolute Gasteiger partial charge is 0.300 e. The Balaban J connectivity index is 3.29. The van der Waals surface area contributed by atoms with Crippen molar-refractivity contribution in [3.8, 4) is 0 Å². The first-order chi connectivity index (χ1) is 8.08. The lowest BCUT2D eigenvalue weighted by molar-refractivity contribution is -0.117. The Kier molecular flexibility index (Phi) is 4.01. The van der Waals surface area contributed by atoms with E-state index in [-0.39, 0.29) is 17.1 Å². The van der Waals surface area contributed by atoms with E-state index in [9.17, 15) is 13.2 Å². The van der Waals surface area contributed by atoms with Gasteiger partial charge in [-0.3, -0.25) is 4.79 Å². The van der Waals surface area contributed by atoms with Crippen molar-refractivity contribution in [2.45, 2.75) is 50.7 Å². The van der Waals surface area contributed by atoms with Gasteiger partial charge in [0.25, 0.3) is 0 Å². The number of hydrogen-bond donors (Lipinski definition) is 0. The molecule has 0 heterocycles. The first kappa shape index (κ1) is 14.9. The summed E-state index contributed by atoms with van der Waals surface area (Å²) in [5.74, 6) is -0.118. The van der Waals surface area contributed by atoms with Crippen LogP contribution in [0.15, 0.2) is 23.1 Å². The maximum absolute atomic E-state index is 12.5. The minimum absolute atomic E-state index is 0.0300. The fourth-order valence-electron chi connectivity index (χ4n) is 1.89. The summed E-state index contributed by atoms with van der Waals surface area (Å²) in [5, 5.41) is 0. The smallest absolute Gasteiger partial charge is 0.183 e. The maximum Gasteiger partial charge on any atom is 0.183 e. The van der Waals surface area contributed by atoms with Gasteiger partial charge in [-0.2, -0.15) is 0 Å². The molecule has 0 saturated carbocycles. The topological polar surface area (TPSA) is 51.2 Å². The Hall–Kier alpha value is -1.16. The molecule has 0 aromatic heterocycles. The van der Waals surface area contributed by atoms with Gasteiger partial charge in [-0.1, -0.05) is 6.07 Å². The summed E-state index contributed by atoms with van der Waals surface area (Å²) >= 11 is 0. The van der Waals surface area contributed by atoms with Gasteiger partial charge in [-0.05, 0) is 57.9 Å². The van der Waals surface area contributed by atoms with Crippen molar-refractivity contribution in [2.75, 3.05) is 0 Å². The third-order valence-electron chi connectivity index (χ3n) is 3.19. The van der Waals surface area contributed by atoms with Crippen molar-refractivity contribution in [3.05, 3.63) is 29.3 Å². The molecule has 0 atom stereocenters. The summed E-state index contributed by atoms with van der Waals surface area (Å²) in [4.78, 5) is 11.5. The minimum Gasteiger partial charge on any atom is -0.300 e. The average molecular weight is 268 g/mol. The molecule has 100 valence electrons. The van der Waals surface area contributed by atoms with Gasteiger partial charge in [0.05, 0.1) is 9.64 Å². The number of hydrogen-bond acceptors (Lipinski definition) is 3. The molecule has 0 N–H and O–H groups in total. The quantitative estimate of drug-likeness (QED) is 0.843. The minimum atomic E-state index is -3.49. The standard InChI is InChI=1S/C14H20O3S/c1-10-6-7-13(8-11(10)2)18(16,17)14(4,5)9-12(3)15/h6-8H,9H2,1-5H3. The monoisotopic (exact) mass is 268 g/mol. The molecule has 0 aliphatic heterocycles. The van der Waals surface area contributed by atoms with E-state index in [4.69, 9.17) is 0 Å².